The average molecular weight is 268 g/mol. The molecule has 0 aliphatic carbocycles. The minimum Gasteiger partial charge on any atom is -0.347 e. The van der Waals surface area contributed by atoms with Crippen LogP contribution in [0.1, 0.15) is 17.7 Å². The van der Waals surface area contributed by atoms with E-state index in [1.165, 1.54) is 22.2 Å². The van der Waals surface area contributed by atoms with Gasteiger partial charge in [-0.15, -0.1) is 0 Å². The average Bonchev–Trinajstić information content (AvgIpc) is 2.68. The number of hydrogen-bond acceptors (Lipinski definition) is 2. The van der Waals surface area contributed by atoms with Gasteiger partial charge in [0, 0.05) is 54.3 Å². The summed E-state index contributed by atoms with van der Waals surface area (Å²) >= 11 is 0. The lowest BCUT2D eigenvalue weighted by atomic mass is 9.99. The molecule has 20 heavy (non-hydrogen) atoms. The fraction of sp³-hybridized carbons (Fsp3) is 0.353. The molecule has 0 amide bonds. The molecule has 2 heterocycles. The predicted molar refractivity (Wildman–Crippen MR) is 82.8 cm³/mol. The maximum atomic E-state index is 12.1. The summed E-state index contributed by atoms with van der Waals surface area (Å²) in [5.41, 5.74) is 4.54. The highest BCUT2D eigenvalue weighted by Gasteiger charge is 2.20. The van der Waals surface area contributed by atoms with Crippen LogP contribution >= 0.6 is 0 Å². The Labute approximate surface area is 119 Å². The van der Waals surface area contributed by atoms with Crippen LogP contribution in [0.15, 0.2) is 29.8 Å². The number of fused-ring (bicyclic) bond motifs is 1. The Hall–Kier alpha value is -1.87. The van der Waals surface area contributed by atoms with Crippen molar-refractivity contribution in [1.82, 2.24) is 9.47 Å². The normalized spacial score (nSPS) is 19.1. The van der Waals surface area contributed by atoms with Crippen molar-refractivity contribution in [3.05, 3.63) is 41.1 Å². The van der Waals surface area contributed by atoms with Crippen LogP contribution in [0, 0.1) is 6.92 Å². The molecule has 0 bridgehead atoms. The van der Waals surface area contributed by atoms with Gasteiger partial charge in [0.05, 0.1) is 0 Å². The summed E-state index contributed by atoms with van der Waals surface area (Å²) in [4.78, 5) is 14.3. The van der Waals surface area contributed by atoms with Crippen molar-refractivity contribution in [3.8, 4) is 0 Å². The lowest BCUT2D eigenvalue weighted by Gasteiger charge is -2.23. The van der Waals surface area contributed by atoms with Gasteiger partial charge in [-0.2, -0.15) is 0 Å². The van der Waals surface area contributed by atoms with E-state index in [4.69, 9.17) is 0 Å². The van der Waals surface area contributed by atoms with E-state index < -0.39 is 0 Å². The molecule has 1 saturated heterocycles. The quantitative estimate of drug-likeness (QED) is 0.743. The van der Waals surface area contributed by atoms with Crippen LogP contribution in [0.3, 0.4) is 0 Å². The number of para-hydroxylation sites is 1. The Kier molecular flexibility index (Phi) is 3.22. The Bertz CT molecular complexity index is 709. The monoisotopic (exact) mass is 268 g/mol. The standard InChI is InChI=1S/C17H20N2O/c1-12-15(10-13-11-18(2)9-8-17(13)20)14-6-4-5-7-16(14)19(12)3/h4-7,10H,8-9,11H2,1-3H3/b13-10+. The molecule has 1 aromatic carbocycles. The fourth-order valence-electron chi connectivity index (χ4n) is 2.94. The number of Topliss-reactive ketones (excluding diaryl/α,β-unsaturated/α-hetero) is 1. The summed E-state index contributed by atoms with van der Waals surface area (Å²) in [6.07, 6.45) is 2.72. The molecule has 0 radical (unpaired) electrons. The first-order valence-corrected chi connectivity index (χ1v) is 7.04. The summed E-state index contributed by atoms with van der Waals surface area (Å²) in [6, 6.07) is 8.36. The number of aromatic nitrogens is 1. The number of rotatable bonds is 1. The first-order chi connectivity index (χ1) is 9.58. The molecule has 3 nitrogen and oxygen atoms in total. The van der Waals surface area contributed by atoms with Gasteiger partial charge in [0.1, 0.15) is 0 Å². The highest BCUT2D eigenvalue weighted by molar-refractivity contribution is 6.03. The van der Waals surface area contributed by atoms with Crippen molar-refractivity contribution in [2.75, 3.05) is 20.1 Å². The Morgan fingerprint density at radius 1 is 1.20 bits per heavy atom. The largest absolute Gasteiger partial charge is 0.347 e. The third-order valence-corrected chi connectivity index (χ3v) is 4.29. The maximum Gasteiger partial charge on any atom is 0.161 e. The van der Waals surface area contributed by atoms with Crippen LogP contribution in [0.2, 0.25) is 0 Å². The summed E-state index contributed by atoms with van der Waals surface area (Å²) in [5.74, 6) is 0.287. The van der Waals surface area contributed by atoms with Crippen LogP contribution in [-0.4, -0.2) is 35.4 Å². The zero-order valence-electron chi connectivity index (χ0n) is 12.3. The van der Waals surface area contributed by atoms with Crippen LogP contribution in [-0.2, 0) is 11.8 Å². The molecule has 1 fully saturated rings. The van der Waals surface area contributed by atoms with E-state index in [9.17, 15) is 4.79 Å². The first kappa shape index (κ1) is 13.1. The molecule has 2 aromatic rings. The second kappa shape index (κ2) is 4.91. The summed E-state index contributed by atoms with van der Waals surface area (Å²) in [5, 5.41) is 1.22. The van der Waals surface area contributed by atoms with E-state index in [0.717, 1.165) is 18.7 Å². The third kappa shape index (κ3) is 2.08. The van der Waals surface area contributed by atoms with Crippen LogP contribution in [0.5, 0.6) is 0 Å². The molecule has 0 unspecified atom stereocenters. The number of benzene rings is 1. The lowest BCUT2D eigenvalue weighted by molar-refractivity contribution is -0.117. The Morgan fingerprint density at radius 3 is 2.75 bits per heavy atom. The highest BCUT2D eigenvalue weighted by Crippen LogP contribution is 2.27. The number of likely N-dealkylation sites (N-methyl/N-ethyl adjacent to an activating group) is 1. The van der Waals surface area contributed by atoms with Crippen molar-refractivity contribution < 1.29 is 4.79 Å². The molecular formula is C17H20N2O. The molecular weight excluding hydrogens is 248 g/mol. The number of ketones is 1. The third-order valence-electron chi connectivity index (χ3n) is 4.29. The van der Waals surface area contributed by atoms with Gasteiger partial charge in [0.25, 0.3) is 0 Å². The fourth-order valence-corrected chi connectivity index (χ4v) is 2.94. The molecule has 1 aliphatic rings. The number of carbonyl (C=O) groups excluding carboxylic acids is 1. The smallest absolute Gasteiger partial charge is 0.161 e. The van der Waals surface area contributed by atoms with E-state index in [2.05, 4.69) is 60.8 Å². The van der Waals surface area contributed by atoms with Crippen LogP contribution in [0.25, 0.3) is 17.0 Å². The van der Waals surface area contributed by atoms with E-state index in [0.29, 0.717) is 6.42 Å². The summed E-state index contributed by atoms with van der Waals surface area (Å²) < 4.78 is 2.19. The number of carbonyl (C=O) groups is 1. The van der Waals surface area contributed by atoms with Gasteiger partial charge in [-0.25, -0.2) is 0 Å². The zero-order valence-corrected chi connectivity index (χ0v) is 12.3. The van der Waals surface area contributed by atoms with Gasteiger partial charge < -0.3 is 9.47 Å². The van der Waals surface area contributed by atoms with Gasteiger partial charge in [-0.1, -0.05) is 18.2 Å². The second-order valence-corrected chi connectivity index (χ2v) is 5.66. The predicted octanol–water partition coefficient (Wildman–Crippen LogP) is 2.77. The summed E-state index contributed by atoms with van der Waals surface area (Å²) in [7, 11) is 4.14. The van der Waals surface area contributed by atoms with Crippen LogP contribution in [0.4, 0.5) is 0 Å². The van der Waals surface area contributed by atoms with Crippen molar-refractivity contribution in [2.24, 2.45) is 7.05 Å². The van der Waals surface area contributed by atoms with E-state index >= 15 is 0 Å². The minimum absolute atomic E-state index is 0.287. The molecule has 0 saturated carbocycles. The molecule has 0 atom stereocenters. The second-order valence-electron chi connectivity index (χ2n) is 5.66. The number of aryl methyl sites for hydroxylation is 1. The number of nitrogens with zero attached hydrogens (tertiary/aromatic N) is 2. The topological polar surface area (TPSA) is 25.2 Å². The zero-order chi connectivity index (χ0) is 14.3. The molecule has 104 valence electrons. The molecule has 3 heteroatoms. The minimum atomic E-state index is 0.287. The number of hydrogen-bond donors (Lipinski definition) is 0. The van der Waals surface area contributed by atoms with Crippen molar-refractivity contribution in [2.45, 2.75) is 13.3 Å². The van der Waals surface area contributed by atoms with Crippen molar-refractivity contribution >= 4 is 22.8 Å². The van der Waals surface area contributed by atoms with E-state index in [-0.39, 0.29) is 5.78 Å². The van der Waals surface area contributed by atoms with Crippen molar-refractivity contribution in [1.29, 1.82) is 0 Å². The molecule has 0 N–H and O–H groups in total. The van der Waals surface area contributed by atoms with Gasteiger partial charge in [0.2, 0.25) is 0 Å². The van der Waals surface area contributed by atoms with Gasteiger partial charge >= 0.3 is 0 Å². The Balaban J connectivity index is 2.15. The Morgan fingerprint density at radius 2 is 1.95 bits per heavy atom. The van der Waals surface area contributed by atoms with Gasteiger partial charge in [0.15, 0.2) is 5.78 Å². The molecule has 1 aliphatic heterocycles. The highest BCUT2D eigenvalue weighted by atomic mass is 16.1. The molecule has 3 rings (SSSR count). The molecule has 0 spiro atoms. The SMILES string of the molecule is Cc1c(/C=C2\CN(C)CCC2=O)c2ccccc2n1C. The first-order valence-electron chi connectivity index (χ1n) is 7.04. The number of piperidine rings is 1. The van der Waals surface area contributed by atoms with Gasteiger partial charge in [-0.05, 0) is 26.1 Å². The van der Waals surface area contributed by atoms with Crippen molar-refractivity contribution in [3.63, 3.8) is 0 Å². The number of likely N-dealkylation sites (tertiary alicyclic amines) is 1. The van der Waals surface area contributed by atoms with E-state index in [1.807, 2.05) is 0 Å². The molecule has 1 aromatic heterocycles. The van der Waals surface area contributed by atoms with Crippen LogP contribution < -0.4 is 0 Å². The maximum absolute atomic E-state index is 12.1. The lowest BCUT2D eigenvalue weighted by Crippen LogP contribution is -2.32. The van der Waals surface area contributed by atoms with Gasteiger partial charge in [-0.3, -0.25) is 4.79 Å². The van der Waals surface area contributed by atoms with E-state index in [1.54, 1.807) is 0 Å². The summed E-state index contributed by atoms with van der Waals surface area (Å²) in [6.45, 7) is 3.73.